The van der Waals surface area contributed by atoms with Crippen LogP contribution in [0.5, 0.6) is 5.75 Å². The van der Waals surface area contributed by atoms with Gasteiger partial charge in [0, 0.05) is 38.4 Å². The van der Waals surface area contributed by atoms with Gasteiger partial charge in [0.15, 0.2) is 0 Å². The minimum absolute atomic E-state index is 0.0384. The SMILES string of the molecule is Cn1cc(C(=O)N2C[C@H]3[C@@H](CCOc4cccnc4)CO[C@H]3C2)cn1. The molecule has 0 radical (unpaired) electrons. The van der Waals surface area contributed by atoms with E-state index in [9.17, 15) is 4.79 Å². The third kappa shape index (κ3) is 3.37. The van der Waals surface area contributed by atoms with Crippen molar-refractivity contribution in [2.24, 2.45) is 18.9 Å². The molecule has 2 aromatic heterocycles. The van der Waals surface area contributed by atoms with Gasteiger partial charge in [0.1, 0.15) is 5.75 Å². The van der Waals surface area contributed by atoms with Crippen molar-refractivity contribution in [3.05, 3.63) is 42.5 Å². The molecule has 4 rings (SSSR count). The molecule has 2 aromatic rings. The lowest BCUT2D eigenvalue weighted by atomic mass is 9.91. The lowest BCUT2D eigenvalue weighted by molar-refractivity contribution is 0.0672. The first kappa shape index (κ1) is 16.1. The fourth-order valence-electron chi connectivity index (χ4n) is 3.74. The van der Waals surface area contributed by atoms with E-state index in [1.807, 2.05) is 24.1 Å². The van der Waals surface area contributed by atoms with Gasteiger partial charge < -0.3 is 14.4 Å². The maximum Gasteiger partial charge on any atom is 0.257 e. The van der Waals surface area contributed by atoms with Gasteiger partial charge in [-0.3, -0.25) is 14.5 Å². The van der Waals surface area contributed by atoms with E-state index in [0.29, 0.717) is 30.6 Å². The highest BCUT2D eigenvalue weighted by Gasteiger charge is 2.45. The van der Waals surface area contributed by atoms with Crippen molar-refractivity contribution in [1.82, 2.24) is 19.7 Å². The Morgan fingerprint density at radius 3 is 3.08 bits per heavy atom. The van der Waals surface area contributed by atoms with Crippen LogP contribution in [0.15, 0.2) is 36.9 Å². The second-order valence-corrected chi connectivity index (χ2v) is 6.73. The molecule has 7 heteroatoms. The monoisotopic (exact) mass is 342 g/mol. The maximum absolute atomic E-state index is 12.6. The number of rotatable bonds is 5. The molecule has 2 fully saturated rings. The molecule has 2 aliphatic rings. The molecular weight excluding hydrogens is 320 g/mol. The van der Waals surface area contributed by atoms with Crippen LogP contribution in [-0.2, 0) is 11.8 Å². The van der Waals surface area contributed by atoms with Crippen LogP contribution in [0.2, 0.25) is 0 Å². The van der Waals surface area contributed by atoms with Crippen molar-refractivity contribution >= 4 is 5.91 Å². The van der Waals surface area contributed by atoms with E-state index in [2.05, 4.69) is 10.1 Å². The Hall–Kier alpha value is -2.41. The van der Waals surface area contributed by atoms with Gasteiger partial charge in [-0.05, 0) is 24.5 Å². The van der Waals surface area contributed by atoms with E-state index in [1.54, 1.807) is 29.5 Å². The Labute approximate surface area is 146 Å². The lowest BCUT2D eigenvalue weighted by Gasteiger charge is -2.19. The fraction of sp³-hybridized carbons (Fsp3) is 0.500. The summed E-state index contributed by atoms with van der Waals surface area (Å²) in [5.41, 5.74) is 0.638. The first-order valence-corrected chi connectivity index (χ1v) is 8.63. The second-order valence-electron chi connectivity index (χ2n) is 6.73. The Morgan fingerprint density at radius 2 is 2.32 bits per heavy atom. The third-order valence-electron chi connectivity index (χ3n) is 5.07. The average molecular weight is 342 g/mol. The number of carbonyl (C=O) groups is 1. The predicted octanol–water partition coefficient (Wildman–Crippen LogP) is 1.37. The van der Waals surface area contributed by atoms with E-state index >= 15 is 0 Å². The molecule has 4 heterocycles. The number of ether oxygens (including phenoxy) is 2. The zero-order chi connectivity index (χ0) is 17.2. The van der Waals surface area contributed by atoms with Crippen molar-refractivity contribution in [3.8, 4) is 5.75 Å². The average Bonchev–Trinajstić information content (AvgIpc) is 3.32. The quantitative estimate of drug-likeness (QED) is 0.821. The number of hydrogen-bond acceptors (Lipinski definition) is 5. The van der Waals surface area contributed by atoms with Crippen molar-refractivity contribution in [2.45, 2.75) is 12.5 Å². The molecule has 0 spiro atoms. The first-order valence-electron chi connectivity index (χ1n) is 8.63. The van der Waals surface area contributed by atoms with Crippen molar-refractivity contribution < 1.29 is 14.3 Å². The van der Waals surface area contributed by atoms with Gasteiger partial charge in [-0.25, -0.2) is 0 Å². The van der Waals surface area contributed by atoms with Crippen molar-refractivity contribution in [1.29, 1.82) is 0 Å². The smallest absolute Gasteiger partial charge is 0.257 e. The van der Waals surface area contributed by atoms with E-state index in [0.717, 1.165) is 25.3 Å². The van der Waals surface area contributed by atoms with Crippen molar-refractivity contribution in [2.75, 3.05) is 26.3 Å². The fourth-order valence-corrected chi connectivity index (χ4v) is 3.74. The molecule has 0 unspecified atom stereocenters. The standard InChI is InChI=1S/C18H22N4O3/c1-21-9-14(7-20-21)18(23)22-10-16-13(12-25-17(16)11-22)4-6-24-15-3-2-5-19-8-15/h2-3,5,7-9,13,16-17H,4,6,10-12H2,1H3/t13-,16-,17-/m0/s1. The molecule has 0 bridgehead atoms. The highest BCUT2D eigenvalue weighted by atomic mass is 16.5. The summed E-state index contributed by atoms with van der Waals surface area (Å²) in [6, 6.07) is 3.77. The van der Waals surface area contributed by atoms with Crippen LogP contribution in [0.25, 0.3) is 0 Å². The van der Waals surface area contributed by atoms with Crippen LogP contribution < -0.4 is 4.74 Å². The lowest BCUT2D eigenvalue weighted by Crippen LogP contribution is -2.31. The molecule has 0 N–H and O–H groups in total. The summed E-state index contributed by atoms with van der Waals surface area (Å²) in [7, 11) is 1.82. The Kier molecular flexibility index (Phi) is 4.40. The zero-order valence-electron chi connectivity index (χ0n) is 14.2. The van der Waals surface area contributed by atoms with Crippen LogP contribution in [-0.4, -0.2) is 58.0 Å². The topological polar surface area (TPSA) is 69.5 Å². The number of hydrogen-bond donors (Lipinski definition) is 0. The Morgan fingerprint density at radius 1 is 1.40 bits per heavy atom. The zero-order valence-corrected chi connectivity index (χ0v) is 14.2. The molecular formula is C18H22N4O3. The summed E-state index contributed by atoms with van der Waals surface area (Å²) in [4.78, 5) is 18.5. The first-order chi connectivity index (χ1) is 12.2. The number of aryl methyl sites for hydroxylation is 1. The summed E-state index contributed by atoms with van der Waals surface area (Å²) in [5, 5.41) is 4.08. The number of pyridine rings is 1. The van der Waals surface area contributed by atoms with Crippen LogP contribution in [0.4, 0.5) is 0 Å². The van der Waals surface area contributed by atoms with Gasteiger partial charge in [0.05, 0.1) is 37.3 Å². The van der Waals surface area contributed by atoms with Gasteiger partial charge in [-0.1, -0.05) is 0 Å². The number of fused-ring (bicyclic) bond motifs is 1. The Balaban J connectivity index is 1.31. The van der Waals surface area contributed by atoms with Crippen molar-refractivity contribution in [3.63, 3.8) is 0 Å². The summed E-state index contributed by atoms with van der Waals surface area (Å²) >= 11 is 0. The summed E-state index contributed by atoms with van der Waals surface area (Å²) < 4.78 is 13.3. The molecule has 0 aromatic carbocycles. The van der Waals surface area contributed by atoms with Crippen LogP contribution in [0.3, 0.4) is 0 Å². The summed E-state index contributed by atoms with van der Waals surface area (Å²) in [5.74, 6) is 1.64. The molecule has 25 heavy (non-hydrogen) atoms. The number of carbonyl (C=O) groups excluding carboxylic acids is 1. The Bertz CT molecular complexity index is 733. The number of amides is 1. The highest BCUT2D eigenvalue weighted by Crippen LogP contribution is 2.36. The highest BCUT2D eigenvalue weighted by molar-refractivity contribution is 5.94. The minimum atomic E-state index is 0.0384. The molecule has 2 aliphatic heterocycles. The number of likely N-dealkylation sites (tertiary alicyclic amines) is 1. The van der Waals surface area contributed by atoms with Gasteiger partial charge in [0.25, 0.3) is 5.91 Å². The van der Waals surface area contributed by atoms with Gasteiger partial charge in [-0.15, -0.1) is 0 Å². The van der Waals surface area contributed by atoms with Crippen LogP contribution in [0.1, 0.15) is 16.8 Å². The molecule has 7 nitrogen and oxygen atoms in total. The normalized spacial score (nSPS) is 25.2. The predicted molar refractivity (Wildman–Crippen MR) is 90.2 cm³/mol. The van der Waals surface area contributed by atoms with Gasteiger partial charge in [-0.2, -0.15) is 5.10 Å². The molecule has 3 atom stereocenters. The van der Waals surface area contributed by atoms with E-state index in [4.69, 9.17) is 9.47 Å². The number of nitrogens with zero attached hydrogens (tertiary/aromatic N) is 4. The molecule has 132 valence electrons. The van der Waals surface area contributed by atoms with Crippen LogP contribution in [0, 0.1) is 11.8 Å². The molecule has 0 aliphatic carbocycles. The van der Waals surface area contributed by atoms with E-state index in [1.165, 1.54) is 0 Å². The maximum atomic E-state index is 12.6. The summed E-state index contributed by atoms with van der Waals surface area (Å²) in [6.45, 7) is 2.80. The minimum Gasteiger partial charge on any atom is -0.492 e. The number of aromatic nitrogens is 3. The largest absolute Gasteiger partial charge is 0.492 e. The molecule has 1 amide bonds. The molecule has 2 saturated heterocycles. The van der Waals surface area contributed by atoms with E-state index in [-0.39, 0.29) is 12.0 Å². The third-order valence-corrected chi connectivity index (χ3v) is 5.07. The summed E-state index contributed by atoms with van der Waals surface area (Å²) in [6.07, 6.45) is 7.90. The van der Waals surface area contributed by atoms with E-state index < -0.39 is 0 Å². The second kappa shape index (κ2) is 6.84. The van der Waals surface area contributed by atoms with Gasteiger partial charge in [0.2, 0.25) is 0 Å². The van der Waals surface area contributed by atoms with Gasteiger partial charge >= 0.3 is 0 Å². The van der Waals surface area contributed by atoms with Crippen LogP contribution >= 0.6 is 0 Å². The molecule has 0 saturated carbocycles.